The maximum absolute atomic E-state index is 13.1. The molecule has 0 N–H and O–H groups in total. The number of amides is 2. The Balaban J connectivity index is 1.36. The number of hydrogen-bond acceptors (Lipinski definition) is 3. The van der Waals surface area contributed by atoms with E-state index in [1.165, 1.54) is 0 Å². The van der Waals surface area contributed by atoms with Crippen molar-refractivity contribution < 1.29 is 14.3 Å². The quantitative estimate of drug-likeness (QED) is 0.717. The SMILES string of the molecule is Cc1ccc(C)c(C(=O)N2CCCC(COc3cccc(C(=O)N4CCCC4)c3)C2)c1. The highest BCUT2D eigenvalue weighted by molar-refractivity contribution is 5.96. The standard InChI is InChI=1S/C26H32N2O3/c1-19-10-11-20(2)24(15-19)26(30)28-14-6-7-21(17-28)18-31-23-9-5-8-22(16-23)25(29)27-12-3-4-13-27/h5,8-11,15-16,21H,3-4,6-7,12-14,17-18H2,1-2H3. The molecule has 0 aromatic heterocycles. The van der Waals surface area contributed by atoms with Gasteiger partial charge >= 0.3 is 0 Å². The molecule has 164 valence electrons. The van der Waals surface area contributed by atoms with Crippen molar-refractivity contribution in [3.8, 4) is 5.75 Å². The summed E-state index contributed by atoms with van der Waals surface area (Å²) in [4.78, 5) is 29.6. The van der Waals surface area contributed by atoms with Crippen LogP contribution in [0.3, 0.4) is 0 Å². The summed E-state index contributed by atoms with van der Waals surface area (Å²) in [5, 5.41) is 0. The van der Waals surface area contributed by atoms with Gasteiger partial charge in [0.05, 0.1) is 6.61 Å². The van der Waals surface area contributed by atoms with E-state index in [4.69, 9.17) is 4.74 Å². The zero-order valence-electron chi connectivity index (χ0n) is 18.6. The summed E-state index contributed by atoms with van der Waals surface area (Å²) in [5.41, 5.74) is 3.62. The summed E-state index contributed by atoms with van der Waals surface area (Å²) in [6.07, 6.45) is 4.20. The van der Waals surface area contributed by atoms with Gasteiger partial charge in [-0.15, -0.1) is 0 Å². The fourth-order valence-electron chi connectivity index (χ4n) is 4.56. The highest BCUT2D eigenvalue weighted by Crippen LogP contribution is 2.23. The van der Waals surface area contributed by atoms with Gasteiger partial charge in [0.2, 0.25) is 0 Å². The molecule has 2 aromatic rings. The van der Waals surface area contributed by atoms with Crippen LogP contribution >= 0.6 is 0 Å². The van der Waals surface area contributed by atoms with E-state index in [0.717, 1.165) is 67.8 Å². The number of nitrogens with zero attached hydrogens (tertiary/aromatic N) is 2. The minimum Gasteiger partial charge on any atom is -0.493 e. The summed E-state index contributed by atoms with van der Waals surface area (Å²) in [6.45, 7) is 7.75. The predicted octanol–water partition coefficient (Wildman–Crippen LogP) is 4.47. The summed E-state index contributed by atoms with van der Waals surface area (Å²) in [5.74, 6) is 1.22. The monoisotopic (exact) mass is 420 g/mol. The van der Waals surface area contributed by atoms with E-state index in [2.05, 4.69) is 0 Å². The Kier molecular flexibility index (Phi) is 6.59. The lowest BCUT2D eigenvalue weighted by molar-refractivity contribution is 0.0631. The third kappa shape index (κ3) is 5.09. The average molecular weight is 421 g/mol. The molecule has 2 aromatic carbocycles. The molecule has 0 bridgehead atoms. The first-order valence-electron chi connectivity index (χ1n) is 11.4. The molecule has 2 heterocycles. The molecular formula is C26H32N2O3. The topological polar surface area (TPSA) is 49.9 Å². The van der Waals surface area contributed by atoms with Crippen LogP contribution in [0.1, 0.15) is 57.5 Å². The van der Waals surface area contributed by atoms with Gasteiger partial charge in [-0.25, -0.2) is 0 Å². The first-order valence-corrected chi connectivity index (χ1v) is 11.4. The van der Waals surface area contributed by atoms with Crippen molar-refractivity contribution in [1.29, 1.82) is 0 Å². The summed E-state index contributed by atoms with van der Waals surface area (Å²) < 4.78 is 6.07. The smallest absolute Gasteiger partial charge is 0.254 e. The van der Waals surface area contributed by atoms with Gasteiger partial charge in [0, 0.05) is 43.2 Å². The van der Waals surface area contributed by atoms with E-state index in [9.17, 15) is 9.59 Å². The van der Waals surface area contributed by atoms with Crippen LogP contribution in [0.4, 0.5) is 0 Å². The zero-order valence-corrected chi connectivity index (χ0v) is 18.6. The molecule has 5 nitrogen and oxygen atoms in total. The second-order valence-electron chi connectivity index (χ2n) is 8.92. The number of carbonyl (C=O) groups excluding carboxylic acids is 2. The molecular weight excluding hydrogens is 388 g/mol. The van der Waals surface area contributed by atoms with Crippen LogP contribution in [0.5, 0.6) is 5.75 Å². The van der Waals surface area contributed by atoms with Crippen LogP contribution in [-0.2, 0) is 0 Å². The van der Waals surface area contributed by atoms with Gasteiger partial charge in [0.25, 0.3) is 11.8 Å². The van der Waals surface area contributed by atoms with Gasteiger partial charge in [0.1, 0.15) is 5.75 Å². The van der Waals surface area contributed by atoms with Gasteiger partial charge in [0.15, 0.2) is 0 Å². The lowest BCUT2D eigenvalue weighted by Gasteiger charge is -2.33. The number of piperidine rings is 1. The first kappa shape index (κ1) is 21.4. The molecule has 2 fully saturated rings. The zero-order chi connectivity index (χ0) is 21.8. The van der Waals surface area contributed by atoms with E-state index in [-0.39, 0.29) is 11.8 Å². The number of rotatable bonds is 5. The lowest BCUT2D eigenvalue weighted by Crippen LogP contribution is -2.41. The van der Waals surface area contributed by atoms with Crippen molar-refractivity contribution in [3.63, 3.8) is 0 Å². The minimum atomic E-state index is 0.0888. The third-order valence-electron chi connectivity index (χ3n) is 6.39. The number of ether oxygens (including phenoxy) is 1. The second-order valence-corrected chi connectivity index (χ2v) is 8.92. The van der Waals surface area contributed by atoms with E-state index in [1.807, 2.05) is 66.1 Å². The molecule has 2 aliphatic rings. The number of hydrogen-bond donors (Lipinski definition) is 0. The summed E-state index contributed by atoms with van der Waals surface area (Å²) in [6, 6.07) is 13.5. The number of carbonyl (C=O) groups is 2. The van der Waals surface area contributed by atoms with Crippen LogP contribution in [-0.4, -0.2) is 54.4 Å². The Bertz CT molecular complexity index is 949. The highest BCUT2D eigenvalue weighted by Gasteiger charge is 2.26. The molecule has 2 amide bonds. The molecule has 2 aliphatic heterocycles. The summed E-state index contributed by atoms with van der Waals surface area (Å²) >= 11 is 0. The van der Waals surface area contributed by atoms with E-state index >= 15 is 0 Å². The molecule has 31 heavy (non-hydrogen) atoms. The Morgan fingerprint density at radius 2 is 1.71 bits per heavy atom. The molecule has 0 spiro atoms. The van der Waals surface area contributed by atoms with Crippen molar-refractivity contribution in [2.75, 3.05) is 32.8 Å². The van der Waals surface area contributed by atoms with Crippen molar-refractivity contribution in [2.24, 2.45) is 5.92 Å². The molecule has 2 saturated heterocycles. The predicted molar refractivity (Wildman–Crippen MR) is 122 cm³/mol. The van der Waals surface area contributed by atoms with Crippen LogP contribution in [0.2, 0.25) is 0 Å². The Labute approximate surface area is 185 Å². The molecule has 1 unspecified atom stereocenters. The van der Waals surface area contributed by atoms with Crippen molar-refractivity contribution in [3.05, 3.63) is 64.7 Å². The van der Waals surface area contributed by atoms with Crippen LogP contribution < -0.4 is 4.74 Å². The second kappa shape index (κ2) is 9.54. The maximum Gasteiger partial charge on any atom is 0.254 e. The fourth-order valence-corrected chi connectivity index (χ4v) is 4.56. The Hall–Kier alpha value is -2.82. The highest BCUT2D eigenvalue weighted by atomic mass is 16.5. The summed E-state index contributed by atoms with van der Waals surface area (Å²) in [7, 11) is 0. The van der Waals surface area contributed by atoms with Crippen molar-refractivity contribution in [2.45, 2.75) is 39.5 Å². The van der Waals surface area contributed by atoms with Crippen molar-refractivity contribution >= 4 is 11.8 Å². The maximum atomic E-state index is 13.1. The lowest BCUT2D eigenvalue weighted by atomic mass is 9.97. The van der Waals surface area contributed by atoms with Gasteiger partial charge in [-0.05, 0) is 69.4 Å². The van der Waals surface area contributed by atoms with Gasteiger partial charge < -0.3 is 14.5 Å². The molecule has 4 rings (SSSR count). The number of benzene rings is 2. The number of likely N-dealkylation sites (tertiary alicyclic amines) is 2. The number of aryl methyl sites for hydroxylation is 2. The molecule has 5 heteroatoms. The van der Waals surface area contributed by atoms with E-state index in [1.54, 1.807) is 0 Å². The molecule has 1 atom stereocenters. The van der Waals surface area contributed by atoms with Crippen LogP contribution in [0.15, 0.2) is 42.5 Å². The molecule has 0 saturated carbocycles. The van der Waals surface area contributed by atoms with Crippen molar-refractivity contribution in [1.82, 2.24) is 9.80 Å². The third-order valence-corrected chi connectivity index (χ3v) is 6.39. The van der Waals surface area contributed by atoms with Gasteiger partial charge in [-0.3, -0.25) is 9.59 Å². The average Bonchev–Trinajstić information content (AvgIpc) is 3.34. The Morgan fingerprint density at radius 3 is 2.52 bits per heavy atom. The largest absolute Gasteiger partial charge is 0.493 e. The molecule has 0 aliphatic carbocycles. The van der Waals surface area contributed by atoms with Crippen LogP contribution in [0.25, 0.3) is 0 Å². The minimum absolute atomic E-state index is 0.0888. The molecule has 0 radical (unpaired) electrons. The first-order chi connectivity index (χ1) is 15.0. The van der Waals surface area contributed by atoms with E-state index in [0.29, 0.717) is 24.6 Å². The van der Waals surface area contributed by atoms with Gasteiger partial charge in [-0.1, -0.05) is 23.8 Å². The van der Waals surface area contributed by atoms with Gasteiger partial charge in [-0.2, -0.15) is 0 Å². The fraction of sp³-hybridized carbons (Fsp3) is 0.462. The van der Waals surface area contributed by atoms with Crippen LogP contribution in [0, 0.1) is 19.8 Å². The van der Waals surface area contributed by atoms with E-state index < -0.39 is 0 Å². The normalized spacial score (nSPS) is 18.8. The Morgan fingerprint density at radius 1 is 0.935 bits per heavy atom.